The second-order valence-corrected chi connectivity index (χ2v) is 5.74. The van der Waals surface area contributed by atoms with Crippen molar-refractivity contribution in [2.24, 2.45) is 0 Å². The molecule has 0 saturated heterocycles. The normalized spacial score (nSPS) is 15.3. The predicted octanol–water partition coefficient (Wildman–Crippen LogP) is 4.22. The van der Waals surface area contributed by atoms with E-state index in [2.05, 4.69) is 22.9 Å². The van der Waals surface area contributed by atoms with E-state index >= 15 is 0 Å². The minimum atomic E-state index is -0.443. The fourth-order valence-corrected chi connectivity index (χ4v) is 2.84. The molecule has 0 aliphatic carbocycles. The van der Waals surface area contributed by atoms with Crippen LogP contribution in [0.15, 0.2) is 16.6 Å². The van der Waals surface area contributed by atoms with Gasteiger partial charge in [0.2, 0.25) is 0 Å². The van der Waals surface area contributed by atoms with Gasteiger partial charge in [0.15, 0.2) is 11.5 Å². The third-order valence-electron chi connectivity index (χ3n) is 3.35. The highest BCUT2D eigenvalue weighted by molar-refractivity contribution is 9.10. The molecule has 2 rings (SSSR count). The highest BCUT2D eigenvalue weighted by Crippen LogP contribution is 2.38. The Morgan fingerprint density at radius 3 is 2.53 bits per heavy atom. The summed E-state index contributed by atoms with van der Waals surface area (Å²) in [6.07, 6.45) is 5.02. The second-order valence-electron chi connectivity index (χ2n) is 4.88. The van der Waals surface area contributed by atoms with E-state index in [-0.39, 0.29) is 0 Å². The number of benzene rings is 1. The molecule has 1 unspecified atom stereocenters. The summed E-state index contributed by atoms with van der Waals surface area (Å²) in [4.78, 5) is 0. The van der Waals surface area contributed by atoms with Gasteiger partial charge in [-0.3, -0.25) is 0 Å². The highest BCUT2D eigenvalue weighted by Gasteiger charge is 2.18. The zero-order valence-corrected chi connectivity index (χ0v) is 12.9. The van der Waals surface area contributed by atoms with Gasteiger partial charge in [0.05, 0.1) is 6.10 Å². The van der Waals surface area contributed by atoms with Gasteiger partial charge in [0.1, 0.15) is 13.2 Å². The average Bonchev–Trinajstić information content (AvgIpc) is 2.42. The Morgan fingerprint density at radius 1 is 1.16 bits per heavy atom. The molecule has 1 N–H and O–H groups in total. The molecule has 3 nitrogen and oxygen atoms in total. The molecule has 0 saturated carbocycles. The van der Waals surface area contributed by atoms with Crippen LogP contribution in [0.4, 0.5) is 0 Å². The number of aliphatic hydroxyl groups is 1. The summed E-state index contributed by atoms with van der Waals surface area (Å²) < 4.78 is 12.0. The summed E-state index contributed by atoms with van der Waals surface area (Å²) in [5, 5.41) is 10.3. The monoisotopic (exact) mass is 328 g/mol. The predicted molar refractivity (Wildman–Crippen MR) is 78.9 cm³/mol. The highest BCUT2D eigenvalue weighted by atomic mass is 79.9. The zero-order valence-electron chi connectivity index (χ0n) is 11.3. The maximum absolute atomic E-state index is 10.3. The Kier molecular flexibility index (Phi) is 5.52. The molecule has 1 atom stereocenters. The summed E-state index contributed by atoms with van der Waals surface area (Å²) in [5.74, 6) is 1.48. The van der Waals surface area contributed by atoms with E-state index < -0.39 is 6.10 Å². The molecule has 0 bridgehead atoms. The first-order chi connectivity index (χ1) is 9.22. The number of aliphatic hydroxyl groups excluding tert-OH is 1. The van der Waals surface area contributed by atoms with Crippen LogP contribution < -0.4 is 9.47 Å². The summed E-state index contributed by atoms with van der Waals surface area (Å²) in [7, 11) is 0. The smallest absolute Gasteiger partial charge is 0.162 e. The minimum absolute atomic E-state index is 0.443. The largest absolute Gasteiger partial charge is 0.486 e. The maximum atomic E-state index is 10.3. The molecule has 0 amide bonds. The fraction of sp³-hybridized carbons (Fsp3) is 0.600. The molecule has 0 fully saturated rings. The first-order valence-corrected chi connectivity index (χ1v) is 7.78. The molecule has 4 heteroatoms. The van der Waals surface area contributed by atoms with E-state index in [4.69, 9.17) is 9.47 Å². The lowest BCUT2D eigenvalue weighted by Gasteiger charge is -2.21. The molecule has 0 spiro atoms. The number of ether oxygens (including phenoxy) is 2. The maximum Gasteiger partial charge on any atom is 0.162 e. The molecule has 1 aliphatic rings. The quantitative estimate of drug-likeness (QED) is 0.794. The SMILES string of the molecule is CCCCCCC(O)c1cc2c(cc1Br)OCCO2. The zero-order chi connectivity index (χ0) is 13.7. The van der Waals surface area contributed by atoms with E-state index in [0.717, 1.165) is 34.4 Å². The summed E-state index contributed by atoms with van der Waals surface area (Å²) in [6.45, 7) is 3.34. The number of unbranched alkanes of at least 4 members (excludes halogenated alkanes) is 3. The Hall–Kier alpha value is -0.740. The summed E-state index contributed by atoms with van der Waals surface area (Å²) >= 11 is 3.50. The topological polar surface area (TPSA) is 38.7 Å². The van der Waals surface area contributed by atoms with Crippen LogP contribution in [-0.4, -0.2) is 18.3 Å². The van der Waals surface area contributed by atoms with Crippen molar-refractivity contribution >= 4 is 15.9 Å². The Labute approximate surface area is 123 Å². The molecule has 0 radical (unpaired) electrons. The number of rotatable bonds is 6. The Bertz CT molecular complexity index is 420. The molecular weight excluding hydrogens is 308 g/mol. The van der Waals surface area contributed by atoms with Crippen molar-refractivity contribution in [1.29, 1.82) is 0 Å². The first-order valence-electron chi connectivity index (χ1n) is 6.99. The van der Waals surface area contributed by atoms with Crippen LogP contribution in [0.5, 0.6) is 11.5 Å². The third kappa shape index (κ3) is 3.86. The van der Waals surface area contributed by atoms with Crippen molar-refractivity contribution in [3.05, 3.63) is 22.2 Å². The van der Waals surface area contributed by atoms with Crippen LogP contribution in [-0.2, 0) is 0 Å². The molecule has 1 aromatic rings. The van der Waals surface area contributed by atoms with Gasteiger partial charge < -0.3 is 14.6 Å². The fourth-order valence-electron chi connectivity index (χ4n) is 2.26. The van der Waals surface area contributed by atoms with Gasteiger partial charge in [0.25, 0.3) is 0 Å². The van der Waals surface area contributed by atoms with Gasteiger partial charge in [-0.2, -0.15) is 0 Å². The molecular formula is C15H21BrO3. The van der Waals surface area contributed by atoms with Crippen LogP contribution in [0.2, 0.25) is 0 Å². The van der Waals surface area contributed by atoms with E-state index in [9.17, 15) is 5.11 Å². The Morgan fingerprint density at radius 2 is 1.84 bits per heavy atom. The van der Waals surface area contributed by atoms with Gasteiger partial charge in [-0.1, -0.05) is 48.5 Å². The van der Waals surface area contributed by atoms with Crippen molar-refractivity contribution in [3.63, 3.8) is 0 Å². The van der Waals surface area contributed by atoms with Crippen LogP contribution in [0.3, 0.4) is 0 Å². The lowest BCUT2D eigenvalue weighted by molar-refractivity contribution is 0.156. The van der Waals surface area contributed by atoms with Crippen molar-refractivity contribution in [2.75, 3.05) is 13.2 Å². The summed E-state index contributed by atoms with van der Waals surface area (Å²) in [6, 6.07) is 3.78. The molecule has 19 heavy (non-hydrogen) atoms. The average molecular weight is 329 g/mol. The minimum Gasteiger partial charge on any atom is -0.486 e. The molecule has 1 aliphatic heterocycles. The van der Waals surface area contributed by atoms with Crippen molar-refractivity contribution in [2.45, 2.75) is 45.1 Å². The first kappa shape index (κ1) is 14.7. The molecule has 1 heterocycles. The number of hydrogen-bond donors (Lipinski definition) is 1. The number of fused-ring (bicyclic) bond motifs is 1. The lowest BCUT2D eigenvalue weighted by atomic mass is 10.0. The van der Waals surface area contributed by atoms with Crippen molar-refractivity contribution in [1.82, 2.24) is 0 Å². The standard InChI is InChI=1S/C15H21BrO3/c1-2-3-4-5-6-13(17)11-9-14-15(10-12(11)16)19-8-7-18-14/h9-10,13,17H,2-8H2,1H3. The molecule has 1 aromatic carbocycles. The van der Waals surface area contributed by atoms with Crippen LogP contribution >= 0.6 is 15.9 Å². The number of hydrogen-bond acceptors (Lipinski definition) is 3. The van der Waals surface area contributed by atoms with Crippen molar-refractivity contribution < 1.29 is 14.6 Å². The van der Waals surface area contributed by atoms with E-state index in [1.807, 2.05) is 12.1 Å². The Balaban J connectivity index is 2.02. The molecule has 0 aromatic heterocycles. The van der Waals surface area contributed by atoms with Crippen LogP contribution in [0, 0.1) is 0 Å². The van der Waals surface area contributed by atoms with Gasteiger partial charge in [-0.15, -0.1) is 0 Å². The molecule has 106 valence electrons. The van der Waals surface area contributed by atoms with Gasteiger partial charge in [-0.25, -0.2) is 0 Å². The second kappa shape index (κ2) is 7.15. The van der Waals surface area contributed by atoms with Crippen molar-refractivity contribution in [3.8, 4) is 11.5 Å². The van der Waals surface area contributed by atoms with Gasteiger partial charge >= 0.3 is 0 Å². The van der Waals surface area contributed by atoms with E-state index in [1.54, 1.807) is 0 Å². The summed E-state index contributed by atoms with van der Waals surface area (Å²) in [5.41, 5.74) is 0.890. The number of halogens is 1. The third-order valence-corrected chi connectivity index (χ3v) is 4.04. The lowest BCUT2D eigenvalue weighted by Crippen LogP contribution is -2.16. The van der Waals surface area contributed by atoms with Crippen LogP contribution in [0.25, 0.3) is 0 Å². The van der Waals surface area contributed by atoms with Gasteiger partial charge in [0, 0.05) is 4.47 Å². The van der Waals surface area contributed by atoms with E-state index in [1.165, 1.54) is 19.3 Å². The van der Waals surface area contributed by atoms with Crippen LogP contribution in [0.1, 0.15) is 50.7 Å². The van der Waals surface area contributed by atoms with E-state index in [0.29, 0.717) is 13.2 Å². The van der Waals surface area contributed by atoms with Gasteiger partial charge in [-0.05, 0) is 24.1 Å².